The molecule has 0 atom stereocenters. The van der Waals surface area contributed by atoms with E-state index >= 15 is 0 Å². The fourth-order valence-electron chi connectivity index (χ4n) is 4.42. The summed E-state index contributed by atoms with van der Waals surface area (Å²) in [4.78, 5) is 48.7. The van der Waals surface area contributed by atoms with Gasteiger partial charge in [0.2, 0.25) is 11.8 Å². The van der Waals surface area contributed by atoms with Crippen LogP contribution in [0.2, 0.25) is 5.02 Å². The van der Waals surface area contributed by atoms with Crippen LogP contribution in [0.3, 0.4) is 0 Å². The molecule has 1 aromatic heterocycles. The van der Waals surface area contributed by atoms with Gasteiger partial charge in [0.1, 0.15) is 29.9 Å². The number of nitrogens with zero attached hydrogens (tertiary/aromatic N) is 4. The van der Waals surface area contributed by atoms with E-state index in [0.29, 0.717) is 43.2 Å². The number of nitrogens with one attached hydrogen (secondary N) is 1. The number of nitrogens with two attached hydrogens (primary N) is 1. The Hall–Kier alpha value is -4.38. The fraction of sp³-hybridized carbons (Fsp3) is 0.367. The number of rotatable bonds is 8. The summed E-state index contributed by atoms with van der Waals surface area (Å²) in [5.74, 6) is -0.112. The molecule has 2 aromatic carbocycles. The van der Waals surface area contributed by atoms with Crippen molar-refractivity contribution in [3.8, 4) is 17.0 Å². The van der Waals surface area contributed by atoms with Crippen LogP contribution in [0, 0.1) is 0 Å². The Morgan fingerprint density at radius 2 is 1.90 bits per heavy atom. The van der Waals surface area contributed by atoms with Crippen molar-refractivity contribution < 1.29 is 23.9 Å². The van der Waals surface area contributed by atoms with E-state index in [2.05, 4.69) is 15.3 Å². The van der Waals surface area contributed by atoms with Crippen molar-refractivity contribution in [2.24, 2.45) is 0 Å². The predicted octanol–water partition coefficient (Wildman–Crippen LogP) is 4.68. The van der Waals surface area contributed by atoms with Gasteiger partial charge in [0.15, 0.2) is 0 Å². The highest BCUT2D eigenvalue weighted by Crippen LogP contribution is 2.32. The Morgan fingerprint density at radius 1 is 1.17 bits per heavy atom. The number of benzene rings is 2. The van der Waals surface area contributed by atoms with E-state index in [9.17, 15) is 14.4 Å². The van der Waals surface area contributed by atoms with Crippen LogP contribution in [0.25, 0.3) is 11.1 Å². The normalized spacial score (nSPS) is 13.1. The minimum absolute atomic E-state index is 0.0406. The summed E-state index contributed by atoms with van der Waals surface area (Å²) in [5.41, 5.74) is 8.78. The molecule has 3 N–H and O–H groups in total. The molecule has 0 saturated carbocycles. The van der Waals surface area contributed by atoms with Crippen molar-refractivity contribution in [1.29, 1.82) is 0 Å². The number of fused-ring (bicyclic) bond motifs is 1. The van der Waals surface area contributed by atoms with Crippen LogP contribution in [0.1, 0.15) is 49.5 Å². The summed E-state index contributed by atoms with van der Waals surface area (Å²) in [6, 6.07) is 13.1. The molecule has 2 heterocycles. The monoisotopic (exact) mass is 594 g/mol. The summed E-state index contributed by atoms with van der Waals surface area (Å²) in [7, 11) is 1.73. The second kappa shape index (κ2) is 13.1. The van der Waals surface area contributed by atoms with E-state index in [1.165, 1.54) is 6.33 Å². The lowest BCUT2D eigenvalue weighted by Gasteiger charge is -2.21. The number of amides is 3. The van der Waals surface area contributed by atoms with Gasteiger partial charge in [-0.3, -0.25) is 9.59 Å². The molecule has 222 valence electrons. The molecule has 0 radical (unpaired) electrons. The second-order valence-electron chi connectivity index (χ2n) is 10.9. The molecule has 1 aliphatic rings. The van der Waals surface area contributed by atoms with Crippen molar-refractivity contribution >= 4 is 41.0 Å². The number of carbonyl (C=O) groups excluding carboxylic acids is 3. The van der Waals surface area contributed by atoms with Gasteiger partial charge in [-0.2, -0.15) is 0 Å². The van der Waals surface area contributed by atoms with Gasteiger partial charge in [-0.25, -0.2) is 14.8 Å². The first-order valence-corrected chi connectivity index (χ1v) is 14.0. The molecule has 0 spiro atoms. The topological polar surface area (TPSA) is 140 Å². The lowest BCUT2D eigenvalue weighted by Crippen LogP contribution is -2.33. The minimum atomic E-state index is -0.567. The maximum absolute atomic E-state index is 13.2. The Morgan fingerprint density at radius 3 is 2.60 bits per heavy atom. The van der Waals surface area contributed by atoms with Crippen LogP contribution in [-0.2, 0) is 16.1 Å². The summed E-state index contributed by atoms with van der Waals surface area (Å²) < 4.78 is 10.8. The molecule has 0 saturated heterocycles. The number of hydrogen-bond donors (Lipinski definition) is 2. The molecular weight excluding hydrogens is 560 g/mol. The molecule has 11 nitrogen and oxygen atoms in total. The smallest absolute Gasteiger partial charge is 0.407 e. The molecule has 1 aliphatic heterocycles. The lowest BCUT2D eigenvalue weighted by atomic mass is 10.0. The zero-order valence-corrected chi connectivity index (χ0v) is 24.9. The average molecular weight is 595 g/mol. The predicted molar refractivity (Wildman–Crippen MR) is 160 cm³/mol. The zero-order valence-electron chi connectivity index (χ0n) is 24.1. The molecule has 12 heteroatoms. The van der Waals surface area contributed by atoms with Crippen LogP contribution in [0.5, 0.6) is 5.88 Å². The minimum Gasteiger partial charge on any atom is -0.475 e. The molecule has 0 unspecified atom stereocenters. The van der Waals surface area contributed by atoms with Gasteiger partial charge < -0.3 is 30.3 Å². The first kappa shape index (κ1) is 30.6. The van der Waals surface area contributed by atoms with Gasteiger partial charge in [-0.15, -0.1) is 0 Å². The van der Waals surface area contributed by atoms with Gasteiger partial charge in [0, 0.05) is 42.8 Å². The average Bonchev–Trinajstić information content (AvgIpc) is 3.09. The van der Waals surface area contributed by atoms with Crippen molar-refractivity contribution in [2.45, 2.75) is 45.8 Å². The Labute approximate surface area is 250 Å². The maximum Gasteiger partial charge on any atom is 0.407 e. The standard InChI is InChI=1S/C30H35ClN6O5/c1-30(2,3)42-29(40)33-13-5-6-24(38)36(4)17-19-7-12-22(23(31)16-19)20-8-10-21(11-9-20)37-14-15-41-27-25(28(37)39)26(32)34-18-35-27/h7-12,16,18H,5-6,13-15,17H2,1-4H3,(H,33,40)(H2,32,34,35). The number of alkyl carbamates (subject to hydrolysis) is 1. The zero-order chi connectivity index (χ0) is 30.4. The highest BCUT2D eigenvalue weighted by molar-refractivity contribution is 6.33. The number of carbonyl (C=O) groups is 3. The second-order valence-corrected chi connectivity index (χ2v) is 11.3. The summed E-state index contributed by atoms with van der Waals surface area (Å²) in [5, 5.41) is 3.20. The molecule has 0 fully saturated rings. The molecule has 42 heavy (non-hydrogen) atoms. The van der Waals surface area contributed by atoms with E-state index in [1.54, 1.807) is 37.6 Å². The first-order valence-electron chi connectivity index (χ1n) is 13.6. The number of nitrogen functional groups attached to an aromatic ring is 1. The van der Waals surface area contributed by atoms with Gasteiger partial charge in [0.05, 0.1) is 6.54 Å². The van der Waals surface area contributed by atoms with Crippen LogP contribution >= 0.6 is 11.6 Å². The summed E-state index contributed by atoms with van der Waals surface area (Å²) in [6.45, 7) is 6.73. The maximum atomic E-state index is 13.2. The van der Waals surface area contributed by atoms with Crippen molar-refractivity contribution in [2.75, 3.05) is 37.4 Å². The van der Waals surface area contributed by atoms with Gasteiger partial charge in [-0.1, -0.05) is 35.9 Å². The van der Waals surface area contributed by atoms with Crippen molar-refractivity contribution in [3.05, 3.63) is 64.9 Å². The SMILES string of the molecule is CN(Cc1ccc(-c2ccc(N3CCOc4ncnc(N)c4C3=O)cc2)c(Cl)c1)C(=O)CCCNC(=O)OC(C)(C)C. The Kier molecular flexibility index (Phi) is 9.52. The van der Waals surface area contributed by atoms with Gasteiger partial charge in [0.25, 0.3) is 5.91 Å². The van der Waals surface area contributed by atoms with Crippen LogP contribution in [-0.4, -0.2) is 65.1 Å². The number of anilines is 2. The van der Waals surface area contributed by atoms with E-state index in [1.807, 2.05) is 42.5 Å². The van der Waals surface area contributed by atoms with Gasteiger partial charge >= 0.3 is 6.09 Å². The number of halogens is 1. The van der Waals surface area contributed by atoms with Crippen molar-refractivity contribution in [1.82, 2.24) is 20.2 Å². The Bertz CT molecular complexity index is 1460. The van der Waals surface area contributed by atoms with Crippen LogP contribution in [0.4, 0.5) is 16.3 Å². The fourth-order valence-corrected chi connectivity index (χ4v) is 4.73. The van der Waals surface area contributed by atoms with E-state index in [0.717, 1.165) is 16.7 Å². The number of ether oxygens (including phenoxy) is 2. The number of aromatic nitrogens is 2. The van der Waals surface area contributed by atoms with Crippen LogP contribution < -0.4 is 20.7 Å². The molecular formula is C30H35ClN6O5. The van der Waals surface area contributed by atoms with E-state index in [-0.39, 0.29) is 35.7 Å². The lowest BCUT2D eigenvalue weighted by molar-refractivity contribution is -0.130. The van der Waals surface area contributed by atoms with E-state index < -0.39 is 11.7 Å². The molecule has 0 bridgehead atoms. The summed E-state index contributed by atoms with van der Waals surface area (Å²) >= 11 is 6.65. The number of hydrogen-bond acceptors (Lipinski definition) is 8. The molecule has 0 aliphatic carbocycles. The van der Waals surface area contributed by atoms with E-state index in [4.69, 9.17) is 26.8 Å². The third-order valence-corrected chi connectivity index (χ3v) is 6.77. The molecule has 3 aromatic rings. The van der Waals surface area contributed by atoms with Crippen molar-refractivity contribution in [3.63, 3.8) is 0 Å². The third kappa shape index (κ3) is 7.67. The highest BCUT2D eigenvalue weighted by atomic mass is 35.5. The first-order chi connectivity index (χ1) is 19.9. The molecule has 3 amide bonds. The Balaban J connectivity index is 1.34. The largest absolute Gasteiger partial charge is 0.475 e. The quantitative estimate of drug-likeness (QED) is 0.358. The summed E-state index contributed by atoms with van der Waals surface area (Å²) in [6.07, 6.45) is 1.57. The molecule has 4 rings (SSSR count). The third-order valence-electron chi connectivity index (χ3n) is 6.46. The highest BCUT2D eigenvalue weighted by Gasteiger charge is 2.28. The van der Waals surface area contributed by atoms with Gasteiger partial charge in [-0.05, 0) is 56.5 Å². The van der Waals surface area contributed by atoms with Crippen LogP contribution in [0.15, 0.2) is 48.8 Å².